The van der Waals surface area contributed by atoms with Gasteiger partial charge in [-0.1, -0.05) is 44.2 Å². The fraction of sp³-hybridized carbons (Fsp3) is 0.625. The van der Waals surface area contributed by atoms with Crippen LogP contribution in [0, 0.1) is 0 Å². The lowest BCUT2D eigenvalue weighted by molar-refractivity contribution is 0.594. The number of nitrogens with zero attached hydrogens (tertiary/aromatic N) is 1. The molecule has 0 amide bonds. The highest BCUT2D eigenvalue weighted by Gasteiger charge is 2.06. The van der Waals surface area contributed by atoms with Crippen molar-refractivity contribution in [3.8, 4) is 0 Å². The van der Waals surface area contributed by atoms with Crippen molar-refractivity contribution in [1.82, 2.24) is 0 Å². The van der Waals surface area contributed by atoms with Crippen molar-refractivity contribution in [1.29, 1.82) is 0 Å². The molecule has 1 unspecified atom stereocenters. The SMILES string of the molecule is CCCCCCC(C)Nc1ccc(N(C)C)c(Cl)c1. The van der Waals surface area contributed by atoms with Crippen LogP contribution in [0.15, 0.2) is 18.2 Å². The highest BCUT2D eigenvalue weighted by molar-refractivity contribution is 6.33. The van der Waals surface area contributed by atoms with E-state index in [0.717, 1.165) is 16.4 Å². The maximum atomic E-state index is 6.27. The van der Waals surface area contributed by atoms with Gasteiger partial charge in [0.25, 0.3) is 0 Å². The minimum absolute atomic E-state index is 0.498. The van der Waals surface area contributed by atoms with Gasteiger partial charge < -0.3 is 10.2 Å². The van der Waals surface area contributed by atoms with E-state index in [9.17, 15) is 0 Å². The van der Waals surface area contributed by atoms with Crippen LogP contribution in [-0.2, 0) is 0 Å². The molecule has 0 aromatic heterocycles. The van der Waals surface area contributed by atoms with Gasteiger partial charge in [0, 0.05) is 25.8 Å². The molecule has 108 valence electrons. The van der Waals surface area contributed by atoms with E-state index in [1.165, 1.54) is 32.1 Å². The predicted molar refractivity (Wildman–Crippen MR) is 87.6 cm³/mol. The molecule has 0 aliphatic heterocycles. The Hall–Kier alpha value is -0.890. The fourth-order valence-electron chi connectivity index (χ4n) is 2.19. The van der Waals surface area contributed by atoms with Crippen LogP contribution < -0.4 is 10.2 Å². The smallest absolute Gasteiger partial charge is 0.0659 e. The highest BCUT2D eigenvalue weighted by Crippen LogP contribution is 2.27. The molecule has 1 aromatic carbocycles. The Balaban J connectivity index is 2.46. The monoisotopic (exact) mass is 282 g/mol. The molecule has 0 heterocycles. The first-order valence-electron chi connectivity index (χ1n) is 7.28. The first-order valence-corrected chi connectivity index (χ1v) is 7.65. The van der Waals surface area contributed by atoms with E-state index >= 15 is 0 Å². The molecule has 0 saturated carbocycles. The fourth-order valence-corrected chi connectivity index (χ4v) is 2.54. The molecule has 0 aliphatic carbocycles. The summed E-state index contributed by atoms with van der Waals surface area (Å²) in [7, 11) is 4.01. The Labute approximate surface area is 123 Å². The van der Waals surface area contributed by atoms with Crippen molar-refractivity contribution in [2.75, 3.05) is 24.3 Å². The molecule has 0 radical (unpaired) electrons. The van der Waals surface area contributed by atoms with Gasteiger partial charge in [0.05, 0.1) is 10.7 Å². The molecule has 1 N–H and O–H groups in total. The van der Waals surface area contributed by atoms with Gasteiger partial charge in [0.2, 0.25) is 0 Å². The molecule has 2 nitrogen and oxygen atoms in total. The highest BCUT2D eigenvalue weighted by atomic mass is 35.5. The largest absolute Gasteiger partial charge is 0.383 e. The summed E-state index contributed by atoms with van der Waals surface area (Å²) >= 11 is 6.27. The summed E-state index contributed by atoms with van der Waals surface area (Å²) in [5.74, 6) is 0. The molecule has 19 heavy (non-hydrogen) atoms. The lowest BCUT2D eigenvalue weighted by Gasteiger charge is -2.18. The summed E-state index contributed by atoms with van der Waals surface area (Å²) in [6.45, 7) is 4.48. The summed E-state index contributed by atoms with van der Waals surface area (Å²) < 4.78 is 0. The summed E-state index contributed by atoms with van der Waals surface area (Å²) in [6.07, 6.45) is 6.49. The molecule has 0 spiro atoms. The summed E-state index contributed by atoms with van der Waals surface area (Å²) in [5, 5.41) is 4.32. The third kappa shape index (κ3) is 5.73. The van der Waals surface area contributed by atoms with Crippen molar-refractivity contribution < 1.29 is 0 Å². The van der Waals surface area contributed by atoms with Crippen molar-refractivity contribution in [2.24, 2.45) is 0 Å². The second kappa shape index (κ2) is 8.31. The number of nitrogens with one attached hydrogen (secondary N) is 1. The van der Waals surface area contributed by atoms with Gasteiger partial charge in [-0.15, -0.1) is 0 Å². The zero-order valence-corrected chi connectivity index (χ0v) is 13.4. The zero-order chi connectivity index (χ0) is 14.3. The van der Waals surface area contributed by atoms with Gasteiger partial charge in [-0.2, -0.15) is 0 Å². The zero-order valence-electron chi connectivity index (χ0n) is 12.7. The second-order valence-corrected chi connectivity index (χ2v) is 5.86. The maximum Gasteiger partial charge on any atom is 0.0659 e. The average Bonchev–Trinajstić information content (AvgIpc) is 2.34. The molecular formula is C16H27ClN2. The van der Waals surface area contributed by atoms with Gasteiger partial charge in [0.1, 0.15) is 0 Å². The van der Waals surface area contributed by atoms with Crippen LogP contribution in [0.4, 0.5) is 11.4 Å². The van der Waals surface area contributed by atoms with Crippen LogP contribution in [0.25, 0.3) is 0 Å². The Morgan fingerprint density at radius 2 is 1.95 bits per heavy atom. The van der Waals surface area contributed by atoms with Crippen molar-refractivity contribution in [3.05, 3.63) is 23.2 Å². The molecular weight excluding hydrogens is 256 g/mol. The lowest BCUT2D eigenvalue weighted by atomic mass is 10.1. The van der Waals surface area contributed by atoms with Gasteiger partial charge >= 0.3 is 0 Å². The molecule has 1 aromatic rings. The van der Waals surface area contributed by atoms with Crippen molar-refractivity contribution in [3.63, 3.8) is 0 Å². The Morgan fingerprint density at radius 3 is 2.53 bits per heavy atom. The Morgan fingerprint density at radius 1 is 1.21 bits per heavy atom. The third-order valence-electron chi connectivity index (χ3n) is 3.33. The van der Waals surface area contributed by atoms with E-state index in [1.54, 1.807) is 0 Å². The second-order valence-electron chi connectivity index (χ2n) is 5.46. The Bertz CT molecular complexity index is 377. The quantitative estimate of drug-likeness (QED) is 0.661. The van der Waals surface area contributed by atoms with Gasteiger partial charge in [0.15, 0.2) is 0 Å². The van der Waals surface area contributed by atoms with Crippen molar-refractivity contribution in [2.45, 2.75) is 52.0 Å². The average molecular weight is 283 g/mol. The first kappa shape index (κ1) is 16.2. The first-order chi connectivity index (χ1) is 9.04. The van der Waals surface area contributed by atoms with Crippen LogP contribution >= 0.6 is 11.6 Å². The number of unbranched alkanes of at least 4 members (excludes halogenated alkanes) is 3. The predicted octanol–water partition coefficient (Wildman–Crippen LogP) is 5.18. The molecule has 0 saturated heterocycles. The van der Waals surface area contributed by atoms with Gasteiger partial charge in [-0.05, 0) is 31.5 Å². The summed E-state index contributed by atoms with van der Waals surface area (Å²) in [4.78, 5) is 2.03. The van der Waals surface area contributed by atoms with Crippen LogP contribution in [0.5, 0.6) is 0 Å². The minimum atomic E-state index is 0.498. The van der Waals surface area contributed by atoms with Crippen LogP contribution in [-0.4, -0.2) is 20.1 Å². The van der Waals surface area contributed by atoms with Crippen LogP contribution in [0.2, 0.25) is 5.02 Å². The molecule has 3 heteroatoms. The standard InChI is InChI=1S/C16H27ClN2/c1-5-6-7-8-9-13(2)18-14-10-11-16(19(3)4)15(17)12-14/h10-13,18H,5-9H2,1-4H3. The molecule has 0 bridgehead atoms. The van der Waals surface area contributed by atoms with Gasteiger partial charge in [-0.3, -0.25) is 0 Å². The molecule has 0 fully saturated rings. The molecule has 0 aliphatic rings. The topological polar surface area (TPSA) is 15.3 Å². The maximum absolute atomic E-state index is 6.27. The van der Waals surface area contributed by atoms with Crippen LogP contribution in [0.3, 0.4) is 0 Å². The van der Waals surface area contributed by atoms with Gasteiger partial charge in [-0.25, -0.2) is 0 Å². The summed E-state index contributed by atoms with van der Waals surface area (Å²) in [6, 6.07) is 6.68. The summed E-state index contributed by atoms with van der Waals surface area (Å²) in [5.41, 5.74) is 2.17. The van der Waals surface area contributed by atoms with E-state index < -0.39 is 0 Å². The van der Waals surface area contributed by atoms with E-state index in [-0.39, 0.29) is 0 Å². The number of rotatable bonds is 8. The van der Waals surface area contributed by atoms with E-state index in [1.807, 2.05) is 25.1 Å². The molecule has 1 rings (SSSR count). The van der Waals surface area contributed by atoms with Crippen LogP contribution in [0.1, 0.15) is 46.0 Å². The normalized spacial score (nSPS) is 12.3. The van der Waals surface area contributed by atoms with E-state index in [4.69, 9.17) is 11.6 Å². The Kier molecular flexibility index (Phi) is 7.07. The number of hydrogen-bond donors (Lipinski definition) is 1. The number of benzene rings is 1. The molecule has 1 atom stereocenters. The third-order valence-corrected chi connectivity index (χ3v) is 3.64. The van der Waals surface area contributed by atoms with E-state index in [2.05, 4.69) is 31.3 Å². The minimum Gasteiger partial charge on any atom is -0.383 e. The number of hydrogen-bond acceptors (Lipinski definition) is 2. The van der Waals surface area contributed by atoms with Crippen molar-refractivity contribution >= 4 is 23.0 Å². The lowest BCUT2D eigenvalue weighted by Crippen LogP contribution is -2.15. The van der Waals surface area contributed by atoms with E-state index in [0.29, 0.717) is 6.04 Å². The number of anilines is 2. The number of halogens is 1.